The highest BCUT2D eigenvalue weighted by molar-refractivity contribution is 9.10. The number of benzene rings is 2. The first kappa shape index (κ1) is 16.2. The van der Waals surface area contributed by atoms with E-state index < -0.39 is 17.5 Å². The van der Waals surface area contributed by atoms with Gasteiger partial charge in [0.2, 0.25) is 0 Å². The summed E-state index contributed by atoms with van der Waals surface area (Å²) in [5.41, 5.74) is 0.514. The van der Waals surface area contributed by atoms with Gasteiger partial charge in [-0.05, 0) is 35.9 Å². The zero-order valence-corrected chi connectivity index (χ0v) is 13.5. The number of hydrogen-bond donors (Lipinski definition) is 1. The maximum absolute atomic E-state index is 13.4. The zero-order chi connectivity index (χ0) is 15.6. The fraction of sp³-hybridized carbons (Fsp3) is 0.0714. The molecule has 21 heavy (non-hydrogen) atoms. The molecule has 0 unspecified atom stereocenters. The molecular formula is C14H8BrCl2F2NO. The third-order valence-corrected chi connectivity index (χ3v) is 4.08. The van der Waals surface area contributed by atoms with Crippen LogP contribution in [-0.4, -0.2) is 5.91 Å². The largest absolute Gasteiger partial charge is 0.348 e. The number of carbonyl (C=O) groups excluding carboxylic acids is 1. The fourth-order valence-electron chi connectivity index (χ4n) is 1.65. The van der Waals surface area contributed by atoms with Crippen LogP contribution in [0.15, 0.2) is 34.8 Å². The van der Waals surface area contributed by atoms with Crippen LogP contribution in [0, 0.1) is 11.6 Å². The molecule has 0 bridgehead atoms. The third kappa shape index (κ3) is 3.93. The Morgan fingerprint density at radius 2 is 1.86 bits per heavy atom. The molecule has 0 aliphatic carbocycles. The van der Waals surface area contributed by atoms with E-state index in [0.29, 0.717) is 10.0 Å². The van der Waals surface area contributed by atoms with Gasteiger partial charge in [0.1, 0.15) is 11.6 Å². The van der Waals surface area contributed by atoms with E-state index in [1.54, 1.807) is 0 Å². The van der Waals surface area contributed by atoms with Crippen molar-refractivity contribution in [3.05, 3.63) is 67.6 Å². The van der Waals surface area contributed by atoms with Crippen LogP contribution in [0.4, 0.5) is 8.78 Å². The summed E-state index contributed by atoms with van der Waals surface area (Å²) in [6, 6.07) is 6.23. The molecule has 110 valence electrons. The Bertz CT molecular complexity index is 710. The van der Waals surface area contributed by atoms with Gasteiger partial charge < -0.3 is 5.32 Å². The Morgan fingerprint density at radius 1 is 1.14 bits per heavy atom. The van der Waals surface area contributed by atoms with Crippen LogP contribution in [0.5, 0.6) is 0 Å². The summed E-state index contributed by atoms with van der Waals surface area (Å²) in [7, 11) is 0. The SMILES string of the molecule is O=C(NCc1cc(F)ccc1Br)c1cc(F)c(Cl)cc1Cl. The smallest absolute Gasteiger partial charge is 0.253 e. The molecule has 7 heteroatoms. The number of halogens is 5. The molecule has 0 radical (unpaired) electrons. The summed E-state index contributed by atoms with van der Waals surface area (Å²) in [6.07, 6.45) is 0. The Labute approximate surface area is 138 Å². The fourth-order valence-corrected chi connectivity index (χ4v) is 2.50. The molecule has 0 saturated heterocycles. The highest BCUT2D eigenvalue weighted by atomic mass is 79.9. The van der Waals surface area contributed by atoms with Crippen LogP contribution >= 0.6 is 39.1 Å². The first-order chi connectivity index (χ1) is 9.88. The summed E-state index contributed by atoms with van der Waals surface area (Å²) in [6.45, 7) is 0.0672. The van der Waals surface area contributed by atoms with Crippen molar-refractivity contribution in [3.63, 3.8) is 0 Å². The van der Waals surface area contributed by atoms with Crippen molar-refractivity contribution >= 4 is 45.0 Å². The second kappa shape index (κ2) is 6.73. The molecule has 1 amide bonds. The molecule has 0 fully saturated rings. The molecule has 2 aromatic rings. The van der Waals surface area contributed by atoms with Crippen LogP contribution in [0.25, 0.3) is 0 Å². The number of rotatable bonds is 3. The lowest BCUT2D eigenvalue weighted by molar-refractivity contribution is 0.0950. The van der Waals surface area contributed by atoms with Gasteiger partial charge in [-0.2, -0.15) is 0 Å². The van der Waals surface area contributed by atoms with E-state index in [2.05, 4.69) is 21.2 Å². The van der Waals surface area contributed by atoms with E-state index in [1.807, 2.05) is 0 Å². The topological polar surface area (TPSA) is 29.1 Å². The quantitative estimate of drug-likeness (QED) is 0.732. The van der Waals surface area contributed by atoms with E-state index in [0.717, 1.165) is 12.1 Å². The average molecular weight is 395 g/mol. The van der Waals surface area contributed by atoms with Gasteiger partial charge in [0.05, 0.1) is 15.6 Å². The molecule has 0 heterocycles. The van der Waals surface area contributed by atoms with Gasteiger partial charge >= 0.3 is 0 Å². The zero-order valence-electron chi connectivity index (χ0n) is 10.4. The number of nitrogens with one attached hydrogen (secondary N) is 1. The molecule has 0 aromatic heterocycles. The molecule has 0 aliphatic rings. The van der Waals surface area contributed by atoms with Crippen LogP contribution < -0.4 is 5.32 Å². The summed E-state index contributed by atoms with van der Waals surface area (Å²) in [5.74, 6) is -1.73. The van der Waals surface area contributed by atoms with Crippen LogP contribution in [0.3, 0.4) is 0 Å². The van der Waals surface area contributed by atoms with Crippen molar-refractivity contribution < 1.29 is 13.6 Å². The van der Waals surface area contributed by atoms with Crippen molar-refractivity contribution in [2.45, 2.75) is 6.54 Å². The van der Waals surface area contributed by atoms with E-state index in [9.17, 15) is 13.6 Å². The van der Waals surface area contributed by atoms with Crippen molar-refractivity contribution in [2.75, 3.05) is 0 Å². The van der Waals surface area contributed by atoms with Crippen LogP contribution in [0.1, 0.15) is 15.9 Å². The maximum Gasteiger partial charge on any atom is 0.253 e. The lowest BCUT2D eigenvalue weighted by atomic mass is 10.2. The Kier molecular flexibility index (Phi) is 5.19. The number of carbonyl (C=O) groups is 1. The van der Waals surface area contributed by atoms with Gasteiger partial charge in [-0.25, -0.2) is 8.78 Å². The Hall–Kier alpha value is -1.17. The van der Waals surface area contributed by atoms with Gasteiger partial charge in [-0.1, -0.05) is 39.1 Å². The molecule has 0 atom stereocenters. The molecule has 0 saturated carbocycles. The number of hydrogen-bond acceptors (Lipinski definition) is 1. The van der Waals surface area contributed by atoms with Crippen molar-refractivity contribution in [3.8, 4) is 0 Å². The predicted octanol–water partition coefficient (Wildman–Crippen LogP) is 4.96. The van der Waals surface area contributed by atoms with Crippen molar-refractivity contribution in [1.29, 1.82) is 0 Å². The van der Waals surface area contributed by atoms with Crippen molar-refractivity contribution in [2.24, 2.45) is 0 Å². The lowest BCUT2D eigenvalue weighted by Crippen LogP contribution is -2.23. The summed E-state index contributed by atoms with van der Waals surface area (Å²) in [5, 5.41) is 2.42. The van der Waals surface area contributed by atoms with Gasteiger partial charge in [0.25, 0.3) is 5.91 Å². The molecule has 2 rings (SSSR count). The van der Waals surface area contributed by atoms with Crippen molar-refractivity contribution in [1.82, 2.24) is 5.32 Å². The minimum Gasteiger partial charge on any atom is -0.348 e. The Morgan fingerprint density at radius 3 is 2.57 bits per heavy atom. The monoisotopic (exact) mass is 393 g/mol. The molecule has 0 aliphatic heterocycles. The first-order valence-electron chi connectivity index (χ1n) is 5.75. The number of amides is 1. The highest BCUT2D eigenvalue weighted by Crippen LogP contribution is 2.24. The molecule has 1 N–H and O–H groups in total. The van der Waals surface area contributed by atoms with E-state index >= 15 is 0 Å². The molecule has 0 spiro atoms. The molecule has 2 nitrogen and oxygen atoms in total. The maximum atomic E-state index is 13.4. The lowest BCUT2D eigenvalue weighted by Gasteiger charge is -2.09. The van der Waals surface area contributed by atoms with Gasteiger partial charge in [-0.15, -0.1) is 0 Å². The summed E-state index contributed by atoms with van der Waals surface area (Å²) >= 11 is 14.7. The second-order valence-electron chi connectivity index (χ2n) is 4.16. The highest BCUT2D eigenvalue weighted by Gasteiger charge is 2.14. The minimum atomic E-state index is -0.738. The minimum absolute atomic E-state index is 0.0360. The summed E-state index contributed by atoms with van der Waals surface area (Å²) in [4.78, 5) is 12.0. The summed E-state index contributed by atoms with van der Waals surface area (Å²) < 4.78 is 27.2. The molecular weight excluding hydrogens is 387 g/mol. The molecule has 2 aromatic carbocycles. The standard InChI is InChI=1S/C14H8BrCl2F2NO/c15-10-2-1-8(18)3-7(10)6-20-14(21)9-4-13(19)12(17)5-11(9)16/h1-5H,6H2,(H,20,21). The normalized spacial score (nSPS) is 10.5. The van der Waals surface area contributed by atoms with Crippen LogP contribution in [-0.2, 0) is 6.54 Å². The van der Waals surface area contributed by atoms with E-state index in [4.69, 9.17) is 23.2 Å². The predicted molar refractivity (Wildman–Crippen MR) is 81.7 cm³/mol. The van der Waals surface area contributed by atoms with Gasteiger partial charge in [0, 0.05) is 11.0 Å². The average Bonchev–Trinajstić information content (AvgIpc) is 2.43. The van der Waals surface area contributed by atoms with Crippen LogP contribution in [0.2, 0.25) is 10.0 Å². The second-order valence-corrected chi connectivity index (χ2v) is 5.83. The van der Waals surface area contributed by atoms with Gasteiger partial charge in [-0.3, -0.25) is 4.79 Å². The van der Waals surface area contributed by atoms with E-state index in [1.165, 1.54) is 18.2 Å². The van der Waals surface area contributed by atoms with E-state index in [-0.39, 0.29) is 22.2 Å². The Balaban J connectivity index is 2.15. The van der Waals surface area contributed by atoms with Gasteiger partial charge in [0.15, 0.2) is 0 Å². The third-order valence-electron chi connectivity index (χ3n) is 2.70. The first-order valence-corrected chi connectivity index (χ1v) is 7.30.